The molecule has 57 heavy (non-hydrogen) atoms. The fourth-order valence-corrected chi connectivity index (χ4v) is 10.5. The molecule has 13 nitrogen and oxygen atoms in total. The first-order valence-corrected chi connectivity index (χ1v) is 21.7. The zero-order chi connectivity index (χ0) is 40.9. The minimum absolute atomic E-state index is 0.0423. The molecule has 5 N–H and O–H groups in total. The SMILES string of the molecule is C=C1C([C@@H](O)C[C@H](C)[C@H]2O[C@@]3(CCCCO3)CC[C@H]2C)OC2CC[C@]3(CC[C@H](C=C[C@@H](C)[C@H]4CC(C)=CC5(OC(C[C@@](C)(O)C(=O)O)CC[C@H]5O)O4)O3)OC2[C@@H]1O. The van der Waals surface area contributed by atoms with Crippen molar-refractivity contribution in [3.8, 4) is 0 Å². The van der Waals surface area contributed by atoms with Crippen LogP contribution in [0.5, 0.6) is 0 Å². The molecule has 13 heteroatoms. The van der Waals surface area contributed by atoms with Crippen molar-refractivity contribution in [3.63, 3.8) is 0 Å². The molecule has 17 atom stereocenters. The molecule has 0 aromatic carbocycles. The summed E-state index contributed by atoms with van der Waals surface area (Å²) in [5.41, 5.74) is -0.551. The van der Waals surface area contributed by atoms with Gasteiger partial charge < -0.3 is 58.7 Å². The lowest BCUT2D eigenvalue weighted by atomic mass is 9.79. The van der Waals surface area contributed by atoms with Gasteiger partial charge in [-0.3, -0.25) is 0 Å². The first-order valence-electron chi connectivity index (χ1n) is 21.7. The van der Waals surface area contributed by atoms with Gasteiger partial charge in [-0.2, -0.15) is 0 Å². The summed E-state index contributed by atoms with van der Waals surface area (Å²) in [7, 11) is 0. The second kappa shape index (κ2) is 17.0. The van der Waals surface area contributed by atoms with Crippen molar-refractivity contribution < 1.29 is 63.5 Å². The number of carboxylic acid groups (broad SMARTS) is 1. The normalized spacial score (nSPS) is 45.4. The van der Waals surface area contributed by atoms with Gasteiger partial charge in [-0.25, -0.2) is 4.79 Å². The van der Waals surface area contributed by atoms with Gasteiger partial charge >= 0.3 is 5.97 Å². The Morgan fingerprint density at radius 1 is 1.00 bits per heavy atom. The standard InChI is InChI=1S/C44H68O13/c1-25-21-34(55-44(23-25)35(46)12-11-31(54-44)24-41(6,50)40(48)49)26(2)9-10-30-14-18-43(53-30)19-15-33-39(57-43)36(47)29(5)38(52-33)32(45)22-28(4)37-27(3)13-17-42(56-37)16-7-8-20-51-42/h9-10,23,26-28,30-39,45-47,50H,5,7-8,11-22,24H2,1-4,6H3,(H,48,49)/t26-,27-,28+,30+,31?,32+,33?,34-,35-,36-,37+,38?,39?,41-,42+,43+,44?/m1/s1. The highest BCUT2D eigenvalue weighted by Gasteiger charge is 2.55. The lowest BCUT2D eigenvalue weighted by molar-refractivity contribution is -0.321. The van der Waals surface area contributed by atoms with Gasteiger partial charge in [0.25, 0.3) is 0 Å². The summed E-state index contributed by atoms with van der Waals surface area (Å²) in [5, 5.41) is 54.0. The lowest BCUT2D eigenvalue weighted by Crippen LogP contribution is -2.60. The maximum atomic E-state index is 11.6. The van der Waals surface area contributed by atoms with Crippen LogP contribution in [0, 0.1) is 17.8 Å². The third-order valence-corrected chi connectivity index (χ3v) is 14.0. The summed E-state index contributed by atoms with van der Waals surface area (Å²) in [6.07, 6.45) is 9.37. The molecule has 7 heterocycles. The Bertz CT molecular complexity index is 1510. The highest BCUT2D eigenvalue weighted by atomic mass is 16.7. The number of hydrogen-bond acceptors (Lipinski definition) is 12. The molecule has 6 fully saturated rings. The highest BCUT2D eigenvalue weighted by Crippen LogP contribution is 2.47. The molecule has 0 aliphatic carbocycles. The van der Waals surface area contributed by atoms with E-state index in [0.29, 0.717) is 56.4 Å². The van der Waals surface area contributed by atoms with Gasteiger partial charge in [0, 0.05) is 38.0 Å². The summed E-state index contributed by atoms with van der Waals surface area (Å²) in [4.78, 5) is 11.6. The van der Waals surface area contributed by atoms with Crippen LogP contribution in [0.15, 0.2) is 36.0 Å². The summed E-state index contributed by atoms with van der Waals surface area (Å²) >= 11 is 0. The molecule has 0 aromatic heterocycles. The van der Waals surface area contributed by atoms with Crippen molar-refractivity contribution >= 4 is 5.97 Å². The number of rotatable bonds is 10. The van der Waals surface area contributed by atoms with E-state index in [4.69, 9.17) is 33.2 Å². The van der Waals surface area contributed by atoms with Gasteiger partial charge in [0.15, 0.2) is 17.2 Å². The maximum Gasteiger partial charge on any atom is 0.335 e. The number of carboxylic acids is 1. The molecule has 7 aliphatic heterocycles. The fraction of sp³-hybridized carbons (Fsp3) is 0.841. The number of aliphatic carboxylic acids is 1. The van der Waals surface area contributed by atoms with Crippen LogP contribution in [0.4, 0.5) is 0 Å². The van der Waals surface area contributed by atoms with Gasteiger partial charge in [-0.15, -0.1) is 0 Å². The van der Waals surface area contributed by atoms with Gasteiger partial charge in [-0.1, -0.05) is 45.1 Å². The first-order chi connectivity index (χ1) is 26.9. The molecule has 0 amide bonds. The molecule has 5 unspecified atom stereocenters. The molecule has 0 bridgehead atoms. The van der Waals surface area contributed by atoms with E-state index in [-0.39, 0.29) is 36.6 Å². The maximum absolute atomic E-state index is 11.6. The Hall–Kier alpha value is -1.75. The van der Waals surface area contributed by atoms with E-state index < -0.39 is 71.7 Å². The van der Waals surface area contributed by atoms with Crippen molar-refractivity contribution in [2.45, 2.75) is 209 Å². The summed E-state index contributed by atoms with van der Waals surface area (Å²) < 4.78 is 45.2. The van der Waals surface area contributed by atoms with Crippen LogP contribution in [0.2, 0.25) is 0 Å². The molecule has 0 radical (unpaired) electrons. The monoisotopic (exact) mass is 804 g/mol. The zero-order valence-corrected chi connectivity index (χ0v) is 34.6. The molecule has 0 aromatic rings. The number of fused-ring (bicyclic) bond motifs is 1. The van der Waals surface area contributed by atoms with Crippen LogP contribution in [0.3, 0.4) is 0 Å². The smallest absolute Gasteiger partial charge is 0.335 e. The largest absolute Gasteiger partial charge is 0.479 e. The summed E-state index contributed by atoms with van der Waals surface area (Å²) in [6, 6.07) is 0. The summed E-state index contributed by atoms with van der Waals surface area (Å²) in [6.45, 7) is 14.5. The lowest BCUT2D eigenvalue weighted by Gasteiger charge is -2.50. The number of aliphatic hydroxyl groups is 4. The van der Waals surface area contributed by atoms with E-state index in [1.54, 1.807) is 6.08 Å². The Kier molecular flexibility index (Phi) is 12.9. The van der Waals surface area contributed by atoms with E-state index >= 15 is 0 Å². The molecule has 3 spiro atoms. The van der Waals surface area contributed by atoms with Crippen LogP contribution in [0.25, 0.3) is 0 Å². The van der Waals surface area contributed by atoms with Crippen molar-refractivity contribution in [1.29, 1.82) is 0 Å². The molecule has 6 saturated heterocycles. The minimum atomic E-state index is -1.96. The van der Waals surface area contributed by atoms with Crippen molar-refractivity contribution in [2.24, 2.45) is 17.8 Å². The minimum Gasteiger partial charge on any atom is -0.479 e. The quantitative estimate of drug-likeness (QED) is 0.182. The third kappa shape index (κ3) is 9.15. The van der Waals surface area contributed by atoms with Gasteiger partial charge in [0.05, 0.1) is 43.2 Å². The van der Waals surface area contributed by atoms with Crippen LogP contribution in [-0.4, -0.2) is 122 Å². The molecular weight excluding hydrogens is 736 g/mol. The van der Waals surface area contributed by atoms with Gasteiger partial charge in [0.1, 0.15) is 24.4 Å². The van der Waals surface area contributed by atoms with Crippen molar-refractivity contribution in [3.05, 3.63) is 36.0 Å². The number of hydrogen-bond donors (Lipinski definition) is 5. The van der Waals surface area contributed by atoms with Crippen LogP contribution < -0.4 is 0 Å². The Labute approximate surface area is 337 Å². The van der Waals surface area contributed by atoms with E-state index in [1.807, 2.05) is 19.9 Å². The molecule has 322 valence electrons. The topological polar surface area (TPSA) is 183 Å². The predicted molar refractivity (Wildman–Crippen MR) is 208 cm³/mol. The average molecular weight is 805 g/mol. The Balaban J connectivity index is 0.920. The fourth-order valence-electron chi connectivity index (χ4n) is 10.5. The predicted octanol–water partition coefficient (Wildman–Crippen LogP) is 5.21. The molecule has 0 saturated carbocycles. The molecule has 7 rings (SSSR count). The van der Waals surface area contributed by atoms with Crippen LogP contribution >= 0.6 is 0 Å². The van der Waals surface area contributed by atoms with Crippen molar-refractivity contribution in [2.75, 3.05) is 6.61 Å². The van der Waals surface area contributed by atoms with E-state index in [0.717, 1.165) is 50.7 Å². The zero-order valence-electron chi connectivity index (χ0n) is 34.6. The van der Waals surface area contributed by atoms with Gasteiger partial charge in [-0.05, 0) is 95.1 Å². The number of ether oxygens (including phenoxy) is 7. The second-order valence-electron chi connectivity index (χ2n) is 18.9. The third-order valence-electron chi connectivity index (χ3n) is 14.0. The Morgan fingerprint density at radius 3 is 2.49 bits per heavy atom. The first kappa shape index (κ1) is 43.3. The number of carbonyl (C=O) groups is 1. The van der Waals surface area contributed by atoms with Crippen LogP contribution in [-0.2, 0) is 38.0 Å². The number of aliphatic hydroxyl groups excluding tert-OH is 3. The van der Waals surface area contributed by atoms with Gasteiger partial charge in [0.2, 0.25) is 5.79 Å². The highest BCUT2D eigenvalue weighted by molar-refractivity contribution is 5.76. The second-order valence-corrected chi connectivity index (χ2v) is 18.9. The van der Waals surface area contributed by atoms with E-state index in [2.05, 4.69) is 26.5 Å². The van der Waals surface area contributed by atoms with E-state index in [9.17, 15) is 30.3 Å². The Morgan fingerprint density at radius 2 is 1.75 bits per heavy atom. The average Bonchev–Trinajstić information content (AvgIpc) is 3.56. The van der Waals surface area contributed by atoms with Crippen LogP contribution in [0.1, 0.15) is 125 Å². The van der Waals surface area contributed by atoms with Crippen molar-refractivity contribution in [1.82, 2.24) is 0 Å². The summed E-state index contributed by atoms with van der Waals surface area (Å²) in [5.74, 6) is -3.82. The van der Waals surface area contributed by atoms with E-state index in [1.165, 1.54) is 6.92 Å². The molecular formula is C44H68O13. The molecule has 7 aliphatic rings.